The second-order valence-electron chi connectivity index (χ2n) is 7.95. The summed E-state index contributed by atoms with van der Waals surface area (Å²) in [6, 6.07) is 8.21. The van der Waals surface area contributed by atoms with Crippen LogP contribution in [-0.4, -0.2) is 61.6 Å². The van der Waals surface area contributed by atoms with E-state index in [2.05, 4.69) is 20.6 Å². The number of nitrogens with two attached hydrogens (primary N) is 1. The van der Waals surface area contributed by atoms with Crippen molar-refractivity contribution in [3.8, 4) is 39.9 Å². The van der Waals surface area contributed by atoms with Crippen LogP contribution in [0, 0.1) is 0 Å². The van der Waals surface area contributed by atoms with Gasteiger partial charge in [0.2, 0.25) is 11.7 Å². The molecule has 1 aliphatic heterocycles. The second-order valence-corrected chi connectivity index (χ2v) is 7.95. The molecule has 0 bridgehead atoms. The van der Waals surface area contributed by atoms with E-state index in [9.17, 15) is 4.79 Å². The normalized spacial score (nSPS) is 13.2. The van der Waals surface area contributed by atoms with Crippen LogP contribution in [0.25, 0.3) is 16.9 Å². The molecule has 0 saturated heterocycles. The number of hydrogen-bond donors (Lipinski definition) is 2. The standard InChI is InChI=1S/C25H28N6O5/c1-33-21-6-5-16(10-19(21)29-25(32)18(26)9-15-7-8-27-13-15)20-14-28-30-31(20)17-11-22(34-2)24(36-4)23(12-17)35-3/h5-6,8,10-14,18H,7,9,26H2,1-4H3,(H,29,32). The predicted molar refractivity (Wildman–Crippen MR) is 135 cm³/mol. The van der Waals surface area contributed by atoms with E-state index in [1.165, 1.54) is 7.11 Å². The van der Waals surface area contributed by atoms with Crippen molar-refractivity contribution in [2.75, 3.05) is 33.8 Å². The Kier molecular flexibility index (Phi) is 7.50. The van der Waals surface area contributed by atoms with Crippen molar-refractivity contribution in [3.05, 3.63) is 48.3 Å². The molecule has 1 aromatic heterocycles. The first-order valence-electron chi connectivity index (χ1n) is 11.1. The van der Waals surface area contributed by atoms with E-state index in [4.69, 9.17) is 24.7 Å². The van der Waals surface area contributed by atoms with Gasteiger partial charge in [0.25, 0.3) is 0 Å². The van der Waals surface area contributed by atoms with Crippen LogP contribution < -0.4 is 30.0 Å². The fourth-order valence-electron chi connectivity index (χ4n) is 3.89. The summed E-state index contributed by atoms with van der Waals surface area (Å²) in [6.07, 6.45) is 6.28. The highest BCUT2D eigenvalue weighted by molar-refractivity contribution is 5.97. The number of carbonyl (C=O) groups excluding carboxylic acids is 1. The summed E-state index contributed by atoms with van der Waals surface area (Å²) in [5, 5.41) is 11.2. The molecule has 36 heavy (non-hydrogen) atoms. The number of ether oxygens (including phenoxy) is 4. The fourth-order valence-corrected chi connectivity index (χ4v) is 3.89. The number of aromatic nitrogens is 3. The van der Waals surface area contributed by atoms with Crippen molar-refractivity contribution < 1.29 is 23.7 Å². The van der Waals surface area contributed by atoms with Gasteiger partial charge in [-0.1, -0.05) is 5.21 Å². The minimum absolute atomic E-state index is 0.325. The maximum atomic E-state index is 12.8. The van der Waals surface area contributed by atoms with Gasteiger partial charge in [0.1, 0.15) is 5.75 Å². The Morgan fingerprint density at radius 1 is 1.06 bits per heavy atom. The van der Waals surface area contributed by atoms with Gasteiger partial charge in [-0.3, -0.25) is 9.79 Å². The van der Waals surface area contributed by atoms with Gasteiger partial charge in [-0.2, -0.15) is 0 Å². The molecule has 0 aliphatic carbocycles. The average molecular weight is 493 g/mol. The van der Waals surface area contributed by atoms with Crippen LogP contribution >= 0.6 is 0 Å². The Labute approximate surface area is 208 Å². The van der Waals surface area contributed by atoms with Crippen LogP contribution in [0.1, 0.15) is 12.8 Å². The first-order chi connectivity index (χ1) is 17.5. The summed E-state index contributed by atoms with van der Waals surface area (Å²) in [7, 11) is 6.16. The molecular formula is C25H28N6O5. The molecule has 2 heterocycles. The molecule has 188 valence electrons. The van der Waals surface area contributed by atoms with Crippen molar-refractivity contribution in [1.82, 2.24) is 15.0 Å². The van der Waals surface area contributed by atoms with E-state index in [1.54, 1.807) is 68.9 Å². The maximum absolute atomic E-state index is 12.8. The molecule has 1 amide bonds. The number of amides is 1. The number of rotatable bonds is 10. The summed E-state index contributed by atoms with van der Waals surface area (Å²) < 4.78 is 23.5. The van der Waals surface area contributed by atoms with Gasteiger partial charge in [-0.25, -0.2) is 4.68 Å². The lowest BCUT2D eigenvalue weighted by atomic mass is 10.1. The number of nitrogens with one attached hydrogen (secondary N) is 1. The first kappa shape index (κ1) is 24.7. The van der Waals surface area contributed by atoms with Crippen LogP contribution in [0.5, 0.6) is 23.0 Å². The van der Waals surface area contributed by atoms with Crippen molar-refractivity contribution in [3.63, 3.8) is 0 Å². The summed E-state index contributed by atoms with van der Waals surface area (Å²) in [5.74, 6) is 1.60. The van der Waals surface area contributed by atoms with Gasteiger partial charge < -0.3 is 30.0 Å². The molecule has 2 aromatic carbocycles. The monoisotopic (exact) mass is 492 g/mol. The van der Waals surface area contributed by atoms with Gasteiger partial charge in [0, 0.05) is 36.5 Å². The van der Waals surface area contributed by atoms with E-state index in [1.807, 2.05) is 6.07 Å². The third-order valence-electron chi connectivity index (χ3n) is 5.73. The summed E-state index contributed by atoms with van der Waals surface area (Å²) >= 11 is 0. The number of nitrogens with zero attached hydrogens (tertiary/aromatic N) is 4. The summed E-state index contributed by atoms with van der Waals surface area (Å²) in [5.41, 5.74) is 9.68. The molecular weight excluding hydrogens is 464 g/mol. The zero-order valence-corrected chi connectivity index (χ0v) is 20.5. The van der Waals surface area contributed by atoms with E-state index in [0.717, 1.165) is 11.1 Å². The Morgan fingerprint density at radius 3 is 2.39 bits per heavy atom. The second kappa shape index (κ2) is 10.9. The number of aliphatic imine (C=N–C) groups is 1. The minimum atomic E-state index is -0.724. The van der Waals surface area contributed by atoms with E-state index >= 15 is 0 Å². The van der Waals surface area contributed by atoms with Crippen LogP contribution in [0.4, 0.5) is 5.69 Å². The zero-order chi connectivity index (χ0) is 25.7. The molecule has 4 rings (SSSR count). The van der Waals surface area contributed by atoms with Crippen molar-refractivity contribution in [1.29, 1.82) is 0 Å². The van der Waals surface area contributed by atoms with Gasteiger partial charge >= 0.3 is 0 Å². The van der Waals surface area contributed by atoms with Crippen molar-refractivity contribution >= 4 is 17.8 Å². The van der Waals surface area contributed by atoms with Crippen LogP contribution in [0.2, 0.25) is 0 Å². The highest BCUT2D eigenvalue weighted by Crippen LogP contribution is 2.40. The molecule has 1 unspecified atom stereocenters. The molecule has 0 spiro atoms. The smallest absolute Gasteiger partial charge is 0.241 e. The molecule has 1 aliphatic rings. The highest BCUT2D eigenvalue weighted by atomic mass is 16.5. The lowest BCUT2D eigenvalue weighted by Crippen LogP contribution is -2.36. The molecule has 0 saturated carbocycles. The molecule has 3 N–H and O–H groups in total. The van der Waals surface area contributed by atoms with Crippen LogP contribution in [0.15, 0.2) is 53.3 Å². The van der Waals surface area contributed by atoms with Crippen molar-refractivity contribution in [2.45, 2.75) is 18.9 Å². The van der Waals surface area contributed by atoms with Gasteiger partial charge in [0.15, 0.2) is 11.5 Å². The quantitative estimate of drug-likeness (QED) is 0.441. The highest BCUT2D eigenvalue weighted by Gasteiger charge is 2.20. The van der Waals surface area contributed by atoms with E-state index < -0.39 is 6.04 Å². The maximum Gasteiger partial charge on any atom is 0.241 e. The van der Waals surface area contributed by atoms with Crippen molar-refractivity contribution in [2.24, 2.45) is 10.7 Å². The van der Waals surface area contributed by atoms with Gasteiger partial charge in [-0.15, -0.1) is 5.10 Å². The topological polar surface area (TPSA) is 135 Å². The Balaban J connectivity index is 1.66. The van der Waals surface area contributed by atoms with Gasteiger partial charge in [0.05, 0.1) is 57.7 Å². The lowest BCUT2D eigenvalue weighted by molar-refractivity contribution is -0.117. The molecule has 1 atom stereocenters. The molecule has 11 nitrogen and oxygen atoms in total. The zero-order valence-electron chi connectivity index (χ0n) is 20.5. The van der Waals surface area contributed by atoms with Crippen LogP contribution in [0.3, 0.4) is 0 Å². The number of benzene rings is 2. The number of anilines is 1. The predicted octanol–water partition coefficient (Wildman–Crippen LogP) is 2.98. The lowest BCUT2D eigenvalue weighted by Gasteiger charge is -2.17. The number of carbonyl (C=O) groups is 1. The molecule has 0 fully saturated rings. The minimum Gasteiger partial charge on any atom is -0.495 e. The fraction of sp³-hybridized carbons (Fsp3) is 0.280. The Bertz CT molecular complexity index is 1290. The molecule has 0 radical (unpaired) electrons. The molecule has 3 aromatic rings. The largest absolute Gasteiger partial charge is 0.495 e. The third-order valence-corrected chi connectivity index (χ3v) is 5.73. The van der Waals surface area contributed by atoms with Crippen LogP contribution in [-0.2, 0) is 4.79 Å². The summed E-state index contributed by atoms with van der Waals surface area (Å²) in [4.78, 5) is 16.9. The average Bonchev–Trinajstić information content (AvgIpc) is 3.60. The first-order valence-corrected chi connectivity index (χ1v) is 11.1. The summed E-state index contributed by atoms with van der Waals surface area (Å²) in [6.45, 7) is 0. The number of hydrogen-bond acceptors (Lipinski definition) is 9. The van der Waals surface area contributed by atoms with E-state index in [-0.39, 0.29) is 5.91 Å². The molecule has 11 heteroatoms. The van der Waals surface area contributed by atoms with Gasteiger partial charge in [-0.05, 0) is 30.2 Å². The Hall–Kier alpha value is -4.38. The third kappa shape index (κ3) is 5.01. The SMILES string of the molecule is COc1ccc(-c2cnnn2-c2cc(OC)c(OC)c(OC)c2)cc1NC(=O)C(N)CC1=CN=CC1. The number of methoxy groups -OCH3 is 4. The Morgan fingerprint density at radius 2 is 1.78 bits per heavy atom. The van der Waals surface area contributed by atoms with E-state index in [0.29, 0.717) is 52.9 Å².